The summed E-state index contributed by atoms with van der Waals surface area (Å²) < 4.78 is 42.2. The number of nitrogens with zero attached hydrogens (tertiary/aromatic N) is 3. The number of alkyl halides is 3. The molecule has 0 spiro atoms. The Kier molecular flexibility index (Phi) is 6.55. The van der Waals surface area contributed by atoms with E-state index in [9.17, 15) is 22.8 Å². The predicted molar refractivity (Wildman–Crippen MR) is 127 cm³/mol. The van der Waals surface area contributed by atoms with E-state index in [4.69, 9.17) is 0 Å². The molecule has 3 atom stereocenters. The van der Waals surface area contributed by atoms with Gasteiger partial charge in [0, 0.05) is 38.5 Å². The van der Waals surface area contributed by atoms with Gasteiger partial charge in [-0.25, -0.2) is 0 Å². The highest BCUT2D eigenvalue weighted by molar-refractivity contribution is 5.81. The molecule has 188 valence electrons. The van der Waals surface area contributed by atoms with Gasteiger partial charge in [-0.05, 0) is 36.1 Å². The second-order valence-electron chi connectivity index (χ2n) is 10.1. The summed E-state index contributed by atoms with van der Waals surface area (Å²) in [5, 5.41) is 3.43. The standard InChI is InChI=1S/C26H31F3N4O2/c1-16(34)33-12-11-18(15-33)24(35)32(4)23(26(27,28)29)21-10-9-19(14-30-21)31-22-13-17-7-5-6-8-20(17)25(22,2)3/h5-10,14,18,22-23,31H,11-13,15H2,1-4H3/t18-,22+,23?/m1/s1. The third-order valence-corrected chi connectivity index (χ3v) is 7.44. The number of hydrogen-bond donors (Lipinski definition) is 1. The molecule has 1 N–H and O–H groups in total. The molecular weight excluding hydrogens is 457 g/mol. The number of nitrogens with one attached hydrogen (secondary N) is 1. The van der Waals surface area contributed by atoms with Crippen LogP contribution in [0.5, 0.6) is 0 Å². The molecule has 2 amide bonds. The molecule has 9 heteroatoms. The molecule has 1 aromatic heterocycles. The van der Waals surface area contributed by atoms with Gasteiger partial charge in [-0.2, -0.15) is 13.2 Å². The zero-order valence-electron chi connectivity index (χ0n) is 20.4. The van der Waals surface area contributed by atoms with Crippen molar-refractivity contribution in [2.24, 2.45) is 5.92 Å². The second-order valence-corrected chi connectivity index (χ2v) is 10.1. The SMILES string of the molecule is CC(=O)N1CC[C@@H](C(=O)N(C)C(c2ccc(N[C@H]3Cc4ccccc4C3(C)C)cn2)C(F)(F)F)C1. The molecule has 0 saturated carbocycles. The lowest BCUT2D eigenvalue weighted by Gasteiger charge is -2.32. The summed E-state index contributed by atoms with van der Waals surface area (Å²) in [7, 11) is 1.16. The Balaban J connectivity index is 1.50. The molecule has 2 aromatic rings. The number of halogens is 3. The van der Waals surface area contributed by atoms with Crippen LogP contribution in [0.1, 0.15) is 50.1 Å². The molecule has 1 aliphatic heterocycles. The normalized spacial score (nSPS) is 22.0. The van der Waals surface area contributed by atoms with Gasteiger partial charge in [0.05, 0.1) is 23.5 Å². The first-order valence-electron chi connectivity index (χ1n) is 11.8. The van der Waals surface area contributed by atoms with E-state index >= 15 is 0 Å². The second kappa shape index (κ2) is 9.17. The van der Waals surface area contributed by atoms with E-state index in [0.717, 1.165) is 18.4 Å². The molecule has 1 unspecified atom stereocenters. The molecule has 2 heterocycles. The van der Waals surface area contributed by atoms with Gasteiger partial charge in [0.15, 0.2) is 6.04 Å². The van der Waals surface area contributed by atoms with Crippen LogP contribution in [0, 0.1) is 5.92 Å². The van der Waals surface area contributed by atoms with Gasteiger partial charge < -0.3 is 15.1 Å². The maximum absolute atomic E-state index is 14.1. The first-order chi connectivity index (χ1) is 16.4. The average Bonchev–Trinajstić information content (AvgIpc) is 3.38. The van der Waals surface area contributed by atoms with E-state index in [1.54, 1.807) is 6.07 Å². The minimum absolute atomic E-state index is 0.0711. The van der Waals surface area contributed by atoms with Crippen molar-refractivity contribution in [2.75, 3.05) is 25.5 Å². The van der Waals surface area contributed by atoms with E-state index in [0.29, 0.717) is 18.7 Å². The van der Waals surface area contributed by atoms with Crippen molar-refractivity contribution >= 4 is 17.5 Å². The largest absolute Gasteiger partial charge is 0.414 e. The van der Waals surface area contributed by atoms with Crippen molar-refractivity contribution in [3.63, 3.8) is 0 Å². The van der Waals surface area contributed by atoms with Crippen LogP contribution in [0.2, 0.25) is 0 Å². The van der Waals surface area contributed by atoms with Crippen molar-refractivity contribution in [1.82, 2.24) is 14.8 Å². The smallest absolute Gasteiger partial charge is 0.380 e. The van der Waals surface area contributed by atoms with Crippen molar-refractivity contribution in [1.29, 1.82) is 0 Å². The molecule has 0 bridgehead atoms. The van der Waals surface area contributed by atoms with Crippen molar-refractivity contribution in [2.45, 2.75) is 57.3 Å². The molecule has 1 fully saturated rings. The molecule has 1 aliphatic carbocycles. The minimum atomic E-state index is -4.69. The van der Waals surface area contributed by atoms with Gasteiger partial charge in [0.1, 0.15) is 0 Å². The van der Waals surface area contributed by atoms with E-state index in [1.807, 2.05) is 12.1 Å². The summed E-state index contributed by atoms with van der Waals surface area (Å²) in [6.07, 6.45) is -2.13. The van der Waals surface area contributed by atoms with Crippen LogP contribution in [-0.4, -0.2) is 59.0 Å². The van der Waals surface area contributed by atoms with Crippen LogP contribution in [0.15, 0.2) is 42.6 Å². The zero-order chi connectivity index (χ0) is 25.5. The third kappa shape index (κ3) is 4.86. The lowest BCUT2D eigenvalue weighted by atomic mass is 9.83. The van der Waals surface area contributed by atoms with Crippen LogP contribution in [0.4, 0.5) is 18.9 Å². The maximum Gasteiger partial charge on any atom is 0.414 e. The molecular formula is C26H31F3N4O2. The quantitative estimate of drug-likeness (QED) is 0.681. The molecule has 4 rings (SSSR count). The fraction of sp³-hybridized carbons (Fsp3) is 0.500. The Morgan fingerprint density at radius 2 is 1.91 bits per heavy atom. The topological polar surface area (TPSA) is 65.5 Å². The fourth-order valence-corrected chi connectivity index (χ4v) is 5.32. The van der Waals surface area contributed by atoms with Crippen LogP contribution in [0.25, 0.3) is 0 Å². The fourth-order valence-electron chi connectivity index (χ4n) is 5.32. The number of rotatable bonds is 5. The number of hydrogen-bond acceptors (Lipinski definition) is 4. The number of amides is 2. The highest BCUT2D eigenvalue weighted by Gasteiger charge is 2.48. The number of pyridine rings is 1. The monoisotopic (exact) mass is 488 g/mol. The summed E-state index contributed by atoms with van der Waals surface area (Å²) in [5.41, 5.74) is 2.75. The summed E-state index contributed by atoms with van der Waals surface area (Å²) in [6.45, 7) is 6.19. The lowest BCUT2D eigenvalue weighted by Crippen LogP contribution is -2.43. The zero-order valence-corrected chi connectivity index (χ0v) is 20.4. The van der Waals surface area contributed by atoms with Gasteiger partial charge in [-0.3, -0.25) is 14.6 Å². The van der Waals surface area contributed by atoms with Gasteiger partial charge in [0.25, 0.3) is 0 Å². The maximum atomic E-state index is 14.1. The molecule has 0 radical (unpaired) electrons. The van der Waals surface area contributed by atoms with Crippen molar-refractivity contribution < 1.29 is 22.8 Å². The van der Waals surface area contributed by atoms with Crippen LogP contribution < -0.4 is 5.32 Å². The van der Waals surface area contributed by atoms with Gasteiger partial charge in [-0.15, -0.1) is 0 Å². The van der Waals surface area contributed by atoms with Crippen molar-refractivity contribution in [3.05, 3.63) is 59.4 Å². The minimum Gasteiger partial charge on any atom is -0.380 e. The predicted octanol–water partition coefficient (Wildman–Crippen LogP) is 4.33. The van der Waals surface area contributed by atoms with Gasteiger partial charge >= 0.3 is 6.18 Å². The van der Waals surface area contributed by atoms with E-state index in [-0.39, 0.29) is 29.6 Å². The Morgan fingerprint density at radius 3 is 2.49 bits per heavy atom. The lowest BCUT2D eigenvalue weighted by molar-refractivity contribution is -0.191. The van der Waals surface area contributed by atoms with Gasteiger partial charge in [-0.1, -0.05) is 38.1 Å². The molecule has 6 nitrogen and oxygen atoms in total. The Bertz CT molecular complexity index is 1100. The van der Waals surface area contributed by atoms with Crippen LogP contribution in [0.3, 0.4) is 0 Å². The first-order valence-corrected chi connectivity index (χ1v) is 11.8. The summed E-state index contributed by atoms with van der Waals surface area (Å²) >= 11 is 0. The molecule has 2 aliphatic rings. The molecule has 35 heavy (non-hydrogen) atoms. The van der Waals surface area contributed by atoms with E-state index in [2.05, 4.69) is 36.3 Å². The van der Waals surface area contributed by atoms with E-state index in [1.165, 1.54) is 35.2 Å². The highest BCUT2D eigenvalue weighted by atomic mass is 19.4. The molecule has 1 aromatic carbocycles. The highest BCUT2D eigenvalue weighted by Crippen LogP contribution is 2.41. The third-order valence-electron chi connectivity index (χ3n) is 7.44. The number of carbonyl (C=O) groups is 2. The molecule has 1 saturated heterocycles. The number of fused-ring (bicyclic) bond motifs is 1. The Labute approximate surface area is 203 Å². The number of carbonyl (C=O) groups excluding carboxylic acids is 2. The summed E-state index contributed by atoms with van der Waals surface area (Å²) in [4.78, 5) is 30.8. The Morgan fingerprint density at radius 1 is 1.20 bits per heavy atom. The van der Waals surface area contributed by atoms with Crippen LogP contribution in [-0.2, 0) is 21.4 Å². The van der Waals surface area contributed by atoms with Crippen molar-refractivity contribution in [3.8, 4) is 0 Å². The first kappa shape index (κ1) is 25.0. The summed E-state index contributed by atoms with van der Waals surface area (Å²) in [5.74, 6) is -1.47. The Hall–Kier alpha value is -3.10. The number of likely N-dealkylation sites (tertiary alicyclic amines) is 1. The van der Waals surface area contributed by atoms with Gasteiger partial charge in [0.2, 0.25) is 11.8 Å². The number of aromatic nitrogens is 1. The van der Waals surface area contributed by atoms with Crippen LogP contribution >= 0.6 is 0 Å². The number of benzene rings is 1. The average molecular weight is 489 g/mol. The number of anilines is 1. The summed E-state index contributed by atoms with van der Waals surface area (Å²) in [6, 6.07) is 9.05. The van der Waals surface area contributed by atoms with E-state index < -0.39 is 24.0 Å².